The Balaban J connectivity index is 0.000000165. The third-order valence-corrected chi connectivity index (χ3v) is 7.72. The largest absolute Gasteiger partial charge is 0.0622 e. The first-order valence-electron chi connectivity index (χ1n) is 10.4. The van der Waals surface area contributed by atoms with Gasteiger partial charge in [-0.05, 0) is 23.8 Å². The van der Waals surface area contributed by atoms with Crippen molar-refractivity contribution < 1.29 is 21.1 Å². The summed E-state index contributed by atoms with van der Waals surface area (Å²) in [6.45, 7) is 0. The van der Waals surface area contributed by atoms with Crippen molar-refractivity contribution in [3.05, 3.63) is 139 Å². The van der Waals surface area contributed by atoms with Crippen LogP contribution in [0.2, 0.25) is 0 Å². The Labute approximate surface area is 204 Å². The van der Waals surface area contributed by atoms with Gasteiger partial charge in [0.25, 0.3) is 0 Å². The van der Waals surface area contributed by atoms with Crippen LogP contribution in [0.3, 0.4) is 0 Å². The number of rotatable bonds is 3. The molecule has 0 amide bonds. The Morgan fingerprint density at radius 2 is 0.906 bits per heavy atom. The van der Waals surface area contributed by atoms with E-state index in [-0.39, 0.29) is 0 Å². The fourth-order valence-corrected chi connectivity index (χ4v) is 6.15. The zero-order valence-corrected chi connectivity index (χ0v) is 20.5. The second-order valence-corrected chi connectivity index (χ2v) is 9.83. The predicted molar refractivity (Wildman–Crippen MR) is 136 cm³/mol. The van der Waals surface area contributed by atoms with Crippen LogP contribution in [0.4, 0.5) is 0 Å². The molecule has 0 aliphatic rings. The summed E-state index contributed by atoms with van der Waals surface area (Å²) in [6.07, 6.45) is 0. The normalized spacial score (nSPS) is 10.1. The van der Waals surface area contributed by atoms with Crippen molar-refractivity contribution in [1.29, 1.82) is 0 Å². The molecule has 0 atom stereocenters. The summed E-state index contributed by atoms with van der Waals surface area (Å²) in [7, 11) is -0.446. The van der Waals surface area contributed by atoms with Crippen LogP contribution in [0, 0.1) is 10.1 Å². The molecular weight excluding hydrogens is 588 g/mol. The molecule has 0 unspecified atom stereocenters. The molecule has 0 N–H and O–H groups in total. The second kappa shape index (κ2) is 11.6. The van der Waals surface area contributed by atoms with Crippen LogP contribution in [0.25, 0.3) is 10.8 Å². The SMILES string of the molecule is [Au][C]#Cc1cccc2ccccc12.c1ccc(P(c2ccccc2)c2ccccc2)cc1. The molecule has 0 saturated heterocycles. The molecule has 5 aromatic rings. The molecule has 0 aliphatic carbocycles. The van der Waals surface area contributed by atoms with Gasteiger partial charge in [0.2, 0.25) is 0 Å². The molecule has 0 radical (unpaired) electrons. The molecule has 0 aromatic heterocycles. The minimum absolute atomic E-state index is 0.446. The van der Waals surface area contributed by atoms with E-state index in [4.69, 9.17) is 0 Å². The predicted octanol–water partition coefficient (Wildman–Crippen LogP) is 6.14. The van der Waals surface area contributed by atoms with Gasteiger partial charge < -0.3 is 0 Å². The van der Waals surface area contributed by atoms with Gasteiger partial charge >= 0.3 is 89.9 Å². The molecule has 5 aromatic carbocycles. The Bertz CT molecular complexity index is 1220. The van der Waals surface area contributed by atoms with Gasteiger partial charge in [0.1, 0.15) is 0 Å². The maximum absolute atomic E-state index is 3.08. The number of hydrogen-bond acceptors (Lipinski definition) is 0. The molecule has 0 spiro atoms. The standard InChI is InChI=1S/C18H15P.C12H7.Au/c1-4-10-16(11-5-1)19(17-12-6-2-7-13-17)18-14-8-3-9-15-18;1-2-10-7-5-8-11-6-3-4-9-12(10)11;/h1-15H;3-9H;. The molecule has 0 nitrogen and oxygen atoms in total. The van der Waals surface area contributed by atoms with E-state index in [0.717, 1.165) is 5.56 Å². The van der Waals surface area contributed by atoms with Crippen LogP contribution in [-0.2, 0) is 21.1 Å². The second-order valence-electron chi connectivity index (χ2n) is 7.07. The molecule has 0 bridgehead atoms. The smallest absolute Gasteiger partial charge is 0.0134 e. The van der Waals surface area contributed by atoms with E-state index in [1.165, 1.54) is 26.7 Å². The summed E-state index contributed by atoms with van der Waals surface area (Å²) >= 11 is 2.23. The van der Waals surface area contributed by atoms with E-state index < -0.39 is 7.92 Å². The first kappa shape index (κ1) is 22.3. The maximum Gasteiger partial charge on any atom is -0.0134 e. The Morgan fingerprint density at radius 3 is 1.41 bits per heavy atom. The zero-order chi connectivity index (χ0) is 22.0. The molecule has 32 heavy (non-hydrogen) atoms. The fraction of sp³-hybridized carbons (Fsp3) is 0. The van der Waals surface area contributed by atoms with E-state index in [0.29, 0.717) is 0 Å². The van der Waals surface area contributed by atoms with Gasteiger partial charge in [-0.1, -0.05) is 91.0 Å². The Morgan fingerprint density at radius 1 is 0.469 bits per heavy atom. The van der Waals surface area contributed by atoms with Crippen molar-refractivity contribution in [3.63, 3.8) is 0 Å². The number of fused-ring (bicyclic) bond motifs is 1. The molecular formula is C30H22AuP. The maximum atomic E-state index is 3.08. The van der Waals surface area contributed by atoms with Gasteiger partial charge in [-0.3, -0.25) is 0 Å². The first-order valence-corrected chi connectivity index (χ1v) is 12.8. The van der Waals surface area contributed by atoms with Crippen molar-refractivity contribution in [2.24, 2.45) is 0 Å². The van der Waals surface area contributed by atoms with Gasteiger partial charge in [-0.15, -0.1) is 0 Å². The van der Waals surface area contributed by atoms with Crippen molar-refractivity contribution >= 4 is 34.6 Å². The van der Waals surface area contributed by atoms with Gasteiger partial charge in [0, 0.05) is 0 Å². The molecule has 0 fully saturated rings. The van der Waals surface area contributed by atoms with Gasteiger partial charge in [-0.25, -0.2) is 0 Å². The van der Waals surface area contributed by atoms with Crippen molar-refractivity contribution in [3.8, 4) is 10.1 Å². The monoisotopic (exact) mass is 610 g/mol. The van der Waals surface area contributed by atoms with Gasteiger partial charge in [0.05, 0.1) is 0 Å². The van der Waals surface area contributed by atoms with Crippen LogP contribution >= 0.6 is 7.92 Å². The van der Waals surface area contributed by atoms with Gasteiger partial charge in [-0.2, -0.15) is 0 Å². The summed E-state index contributed by atoms with van der Waals surface area (Å²) in [5.41, 5.74) is 1.10. The zero-order valence-electron chi connectivity index (χ0n) is 17.5. The average Bonchev–Trinajstić information content (AvgIpc) is 2.87. The van der Waals surface area contributed by atoms with Crippen LogP contribution in [0.5, 0.6) is 0 Å². The van der Waals surface area contributed by atoms with Crippen LogP contribution in [0.15, 0.2) is 133 Å². The summed E-state index contributed by atoms with van der Waals surface area (Å²) in [5, 5.41) is 6.67. The molecule has 2 heteroatoms. The Kier molecular flexibility index (Phi) is 8.11. The minimum atomic E-state index is -0.446. The molecule has 0 saturated carbocycles. The van der Waals surface area contributed by atoms with E-state index >= 15 is 0 Å². The van der Waals surface area contributed by atoms with E-state index in [9.17, 15) is 0 Å². The summed E-state index contributed by atoms with van der Waals surface area (Å²) < 4.78 is 2.87. The number of hydrogen-bond donors (Lipinski definition) is 0. The third-order valence-electron chi connectivity index (χ3n) is 5.01. The average molecular weight is 610 g/mol. The van der Waals surface area contributed by atoms with Crippen LogP contribution in [0.1, 0.15) is 5.56 Å². The number of benzene rings is 5. The summed E-state index contributed by atoms with van der Waals surface area (Å²) in [6, 6.07) is 46.8. The summed E-state index contributed by atoms with van der Waals surface area (Å²) in [4.78, 5) is 0. The van der Waals surface area contributed by atoms with E-state index in [1.807, 2.05) is 24.3 Å². The molecule has 0 heterocycles. The molecule has 5 rings (SSSR count). The first-order chi connectivity index (χ1) is 15.9. The summed E-state index contributed by atoms with van der Waals surface area (Å²) in [5.74, 6) is 3.08. The topological polar surface area (TPSA) is 0 Å². The van der Waals surface area contributed by atoms with E-state index in [2.05, 4.69) is 140 Å². The quantitative estimate of drug-likeness (QED) is 0.131. The van der Waals surface area contributed by atoms with Crippen molar-refractivity contribution in [2.45, 2.75) is 0 Å². The van der Waals surface area contributed by atoms with Crippen LogP contribution < -0.4 is 15.9 Å². The third kappa shape index (κ3) is 5.66. The molecule has 0 aliphatic heterocycles. The Hall–Kier alpha value is -2.91. The van der Waals surface area contributed by atoms with Crippen LogP contribution in [-0.4, -0.2) is 0 Å². The van der Waals surface area contributed by atoms with Crippen molar-refractivity contribution in [1.82, 2.24) is 0 Å². The minimum Gasteiger partial charge on any atom is -0.0622 e. The van der Waals surface area contributed by atoms with Crippen molar-refractivity contribution in [2.75, 3.05) is 0 Å². The van der Waals surface area contributed by atoms with Gasteiger partial charge in [0.15, 0.2) is 0 Å². The molecule has 158 valence electrons. The fourth-order valence-electron chi connectivity index (χ4n) is 3.55. The van der Waals surface area contributed by atoms with E-state index in [1.54, 1.807) is 0 Å².